The summed E-state index contributed by atoms with van der Waals surface area (Å²) in [5.41, 5.74) is 0.151. The first kappa shape index (κ1) is 7.29. The number of fused-ring (bicyclic) bond motifs is 2. The summed E-state index contributed by atoms with van der Waals surface area (Å²) < 4.78 is 0. The smallest absolute Gasteiger partial charge is 0.136 e. The average molecular weight is 153 g/mol. The standard InChI is InChI=1S/C9H15NO/c1-9-4-2-3-7(10-9)5-8(11)6-9/h7,10H,2-6H2,1H3/t7-,9?/m0/s1. The lowest BCUT2D eigenvalue weighted by Crippen LogP contribution is -2.57. The van der Waals surface area contributed by atoms with E-state index < -0.39 is 0 Å². The van der Waals surface area contributed by atoms with Gasteiger partial charge in [0.2, 0.25) is 0 Å². The van der Waals surface area contributed by atoms with Gasteiger partial charge < -0.3 is 5.32 Å². The third-order valence-electron chi connectivity index (χ3n) is 2.90. The van der Waals surface area contributed by atoms with Crippen molar-refractivity contribution in [2.45, 2.75) is 50.6 Å². The van der Waals surface area contributed by atoms with E-state index in [4.69, 9.17) is 0 Å². The molecular weight excluding hydrogens is 138 g/mol. The first-order valence-electron chi connectivity index (χ1n) is 4.47. The van der Waals surface area contributed by atoms with Crippen LogP contribution in [0.1, 0.15) is 39.0 Å². The molecule has 2 nitrogen and oxygen atoms in total. The number of piperidine rings is 2. The molecule has 2 aliphatic heterocycles. The predicted octanol–water partition coefficient (Wildman–Crippen LogP) is 1.25. The maximum Gasteiger partial charge on any atom is 0.136 e. The summed E-state index contributed by atoms with van der Waals surface area (Å²) in [6, 6.07) is 0.495. The van der Waals surface area contributed by atoms with Gasteiger partial charge in [-0.05, 0) is 19.8 Å². The number of carbonyl (C=O) groups excluding carboxylic acids is 1. The molecule has 2 heteroatoms. The molecule has 2 heterocycles. The lowest BCUT2D eigenvalue weighted by molar-refractivity contribution is -0.124. The van der Waals surface area contributed by atoms with Crippen molar-refractivity contribution < 1.29 is 4.79 Å². The van der Waals surface area contributed by atoms with Gasteiger partial charge in [0.05, 0.1) is 0 Å². The van der Waals surface area contributed by atoms with Crippen LogP contribution < -0.4 is 5.32 Å². The van der Waals surface area contributed by atoms with Crippen LogP contribution in [0.2, 0.25) is 0 Å². The van der Waals surface area contributed by atoms with Gasteiger partial charge in [0.25, 0.3) is 0 Å². The second-order valence-corrected chi connectivity index (χ2v) is 4.21. The van der Waals surface area contributed by atoms with Crippen molar-refractivity contribution in [3.8, 4) is 0 Å². The van der Waals surface area contributed by atoms with Gasteiger partial charge in [-0.25, -0.2) is 0 Å². The van der Waals surface area contributed by atoms with E-state index in [9.17, 15) is 4.79 Å². The van der Waals surface area contributed by atoms with E-state index in [0.717, 1.165) is 12.8 Å². The van der Waals surface area contributed by atoms with Gasteiger partial charge in [-0.15, -0.1) is 0 Å². The summed E-state index contributed by atoms with van der Waals surface area (Å²) in [7, 11) is 0. The monoisotopic (exact) mass is 153 g/mol. The highest BCUT2D eigenvalue weighted by atomic mass is 16.1. The number of ketones is 1. The van der Waals surface area contributed by atoms with Gasteiger partial charge in [0, 0.05) is 24.4 Å². The molecule has 0 amide bonds. The normalized spacial score (nSPS) is 44.1. The fourth-order valence-corrected chi connectivity index (χ4v) is 2.45. The largest absolute Gasteiger partial charge is 0.308 e. The summed E-state index contributed by atoms with van der Waals surface area (Å²) in [4.78, 5) is 11.2. The zero-order valence-corrected chi connectivity index (χ0v) is 7.02. The molecule has 0 aromatic heterocycles. The highest BCUT2D eigenvalue weighted by Crippen LogP contribution is 2.31. The van der Waals surface area contributed by atoms with Crippen LogP contribution in [0.4, 0.5) is 0 Å². The van der Waals surface area contributed by atoms with Crippen LogP contribution in [0, 0.1) is 0 Å². The average Bonchev–Trinajstić information content (AvgIpc) is 1.82. The Labute approximate surface area is 67.4 Å². The van der Waals surface area contributed by atoms with Crippen LogP contribution in [0.25, 0.3) is 0 Å². The van der Waals surface area contributed by atoms with Crippen LogP contribution in [0.5, 0.6) is 0 Å². The molecular formula is C9H15NO. The fraction of sp³-hybridized carbons (Fsp3) is 0.889. The van der Waals surface area contributed by atoms with Gasteiger partial charge in [0.15, 0.2) is 0 Å². The van der Waals surface area contributed by atoms with Crippen molar-refractivity contribution in [3.05, 3.63) is 0 Å². The summed E-state index contributed by atoms with van der Waals surface area (Å²) in [6.07, 6.45) is 5.19. The molecule has 2 saturated heterocycles. The Morgan fingerprint density at radius 2 is 2.45 bits per heavy atom. The first-order chi connectivity index (χ1) is 5.18. The van der Waals surface area contributed by atoms with Crippen LogP contribution in [-0.4, -0.2) is 17.4 Å². The van der Waals surface area contributed by atoms with E-state index >= 15 is 0 Å². The Hall–Kier alpha value is -0.370. The van der Waals surface area contributed by atoms with Crippen molar-refractivity contribution in [1.29, 1.82) is 0 Å². The molecule has 0 saturated carbocycles. The summed E-state index contributed by atoms with van der Waals surface area (Å²) >= 11 is 0. The number of hydrogen-bond donors (Lipinski definition) is 1. The SMILES string of the molecule is CC12CCC[C@@H](CC(=O)C1)N2. The van der Waals surface area contributed by atoms with Gasteiger partial charge in [0.1, 0.15) is 5.78 Å². The third kappa shape index (κ3) is 1.32. The van der Waals surface area contributed by atoms with Crippen molar-refractivity contribution in [2.75, 3.05) is 0 Å². The molecule has 1 unspecified atom stereocenters. The number of hydrogen-bond acceptors (Lipinski definition) is 2. The minimum Gasteiger partial charge on any atom is -0.308 e. The van der Waals surface area contributed by atoms with Crippen LogP contribution in [-0.2, 0) is 4.79 Å². The van der Waals surface area contributed by atoms with E-state index in [2.05, 4.69) is 12.2 Å². The highest BCUT2D eigenvalue weighted by molar-refractivity contribution is 5.81. The Morgan fingerprint density at radius 3 is 3.18 bits per heavy atom. The van der Waals surface area contributed by atoms with E-state index in [1.54, 1.807) is 0 Å². The maximum absolute atomic E-state index is 11.2. The Balaban J connectivity index is 2.15. The van der Waals surface area contributed by atoms with Crippen molar-refractivity contribution >= 4 is 5.78 Å². The molecule has 2 fully saturated rings. The number of nitrogens with one attached hydrogen (secondary N) is 1. The van der Waals surface area contributed by atoms with Gasteiger partial charge in [-0.2, -0.15) is 0 Å². The maximum atomic E-state index is 11.2. The summed E-state index contributed by atoms with van der Waals surface area (Å²) in [5.74, 6) is 0.455. The van der Waals surface area contributed by atoms with Crippen LogP contribution in [0.15, 0.2) is 0 Å². The zero-order chi connectivity index (χ0) is 7.90. The highest BCUT2D eigenvalue weighted by Gasteiger charge is 2.38. The molecule has 1 N–H and O–H groups in total. The first-order valence-corrected chi connectivity index (χ1v) is 4.47. The van der Waals surface area contributed by atoms with Crippen LogP contribution >= 0.6 is 0 Å². The fourth-order valence-electron chi connectivity index (χ4n) is 2.45. The molecule has 0 aliphatic carbocycles. The van der Waals surface area contributed by atoms with Gasteiger partial charge >= 0.3 is 0 Å². The van der Waals surface area contributed by atoms with Crippen LogP contribution in [0.3, 0.4) is 0 Å². The molecule has 2 rings (SSSR count). The molecule has 62 valence electrons. The van der Waals surface area contributed by atoms with E-state index in [0.29, 0.717) is 11.8 Å². The summed E-state index contributed by atoms with van der Waals surface area (Å²) in [5, 5.41) is 3.54. The quantitative estimate of drug-likeness (QED) is 0.567. The van der Waals surface area contributed by atoms with E-state index in [-0.39, 0.29) is 5.54 Å². The Bertz CT molecular complexity index is 190. The summed E-state index contributed by atoms with van der Waals surface area (Å²) in [6.45, 7) is 2.18. The zero-order valence-electron chi connectivity index (χ0n) is 7.02. The number of carbonyl (C=O) groups is 1. The van der Waals surface area contributed by atoms with Crippen molar-refractivity contribution in [3.63, 3.8) is 0 Å². The van der Waals surface area contributed by atoms with Gasteiger partial charge in [-0.1, -0.05) is 6.42 Å². The van der Waals surface area contributed by atoms with Gasteiger partial charge in [-0.3, -0.25) is 4.79 Å². The molecule has 2 aliphatic rings. The molecule has 0 radical (unpaired) electrons. The second kappa shape index (κ2) is 2.31. The number of rotatable bonds is 0. The number of Topliss-reactive ketones (excluding diaryl/α,β-unsaturated/α-hetero) is 1. The Morgan fingerprint density at radius 1 is 1.64 bits per heavy atom. The van der Waals surface area contributed by atoms with Crippen molar-refractivity contribution in [2.24, 2.45) is 0 Å². The third-order valence-corrected chi connectivity index (χ3v) is 2.90. The second-order valence-electron chi connectivity index (χ2n) is 4.21. The Kier molecular flexibility index (Phi) is 1.53. The minimum atomic E-state index is 0.151. The molecule has 11 heavy (non-hydrogen) atoms. The minimum absolute atomic E-state index is 0.151. The molecule has 2 bridgehead atoms. The lowest BCUT2D eigenvalue weighted by atomic mass is 9.77. The van der Waals surface area contributed by atoms with Crippen molar-refractivity contribution in [1.82, 2.24) is 5.32 Å². The predicted molar refractivity (Wildman–Crippen MR) is 43.4 cm³/mol. The van der Waals surface area contributed by atoms with E-state index in [1.807, 2.05) is 0 Å². The molecule has 0 aromatic rings. The molecule has 0 spiro atoms. The molecule has 2 atom stereocenters. The molecule has 0 aromatic carbocycles. The van der Waals surface area contributed by atoms with E-state index in [1.165, 1.54) is 19.3 Å². The lowest BCUT2D eigenvalue weighted by Gasteiger charge is -2.43. The topological polar surface area (TPSA) is 29.1 Å².